The highest BCUT2D eigenvalue weighted by Crippen LogP contribution is 2.22. The van der Waals surface area contributed by atoms with Gasteiger partial charge < -0.3 is 19.3 Å². The van der Waals surface area contributed by atoms with E-state index in [4.69, 9.17) is 20.9 Å². The predicted molar refractivity (Wildman–Crippen MR) is 92.4 cm³/mol. The van der Waals surface area contributed by atoms with Crippen LogP contribution in [-0.2, 0) is 16.0 Å². The number of nitrogens with zero attached hydrogens (tertiary/aromatic N) is 3. The normalized spacial score (nSPS) is 21.4. The fraction of sp³-hybridized carbons (Fsp3) is 0.765. The van der Waals surface area contributed by atoms with E-state index in [1.54, 1.807) is 6.07 Å². The van der Waals surface area contributed by atoms with Gasteiger partial charge in [0.05, 0.1) is 19.3 Å². The van der Waals surface area contributed by atoms with Crippen molar-refractivity contribution < 1.29 is 19.2 Å². The van der Waals surface area contributed by atoms with Crippen molar-refractivity contribution in [2.45, 2.75) is 31.8 Å². The molecule has 2 fully saturated rings. The van der Waals surface area contributed by atoms with Crippen molar-refractivity contribution in [3.05, 3.63) is 17.0 Å². The molecule has 140 valence electrons. The number of halogens is 1. The molecule has 1 N–H and O–H groups in total. The van der Waals surface area contributed by atoms with Gasteiger partial charge in [0.1, 0.15) is 5.76 Å². The molecule has 0 radical (unpaired) electrons. The molecule has 0 aromatic carbocycles. The lowest BCUT2D eigenvalue weighted by Gasteiger charge is -2.36. The number of rotatable bonds is 6. The number of aryl methyl sites for hydroxylation is 1. The summed E-state index contributed by atoms with van der Waals surface area (Å²) < 4.78 is 10.4. The number of morpholine rings is 1. The van der Waals surface area contributed by atoms with Gasteiger partial charge in [-0.25, -0.2) is 0 Å². The minimum Gasteiger partial charge on any atom is -0.392 e. The summed E-state index contributed by atoms with van der Waals surface area (Å²) in [5.74, 6) is 1.02. The van der Waals surface area contributed by atoms with Gasteiger partial charge in [0.15, 0.2) is 5.15 Å². The molecule has 2 aliphatic rings. The van der Waals surface area contributed by atoms with Crippen molar-refractivity contribution in [3.63, 3.8) is 0 Å². The topological polar surface area (TPSA) is 79.0 Å². The van der Waals surface area contributed by atoms with Crippen LogP contribution in [0.2, 0.25) is 5.15 Å². The Kier molecular flexibility index (Phi) is 6.70. The molecule has 1 atom stereocenters. The molecule has 3 heterocycles. The first-order valence-corrected chi connectivity index (χ1v) is 9.36. The van der Waals surface area contributed by atoms with Crippen LogP contribution < -0.4 is 0 Å². The number of hydrogen-bond acceptors (Lipinski definition) is 6. The lowest BCUT2D eigenvalue weighted by atomic mass is 9.90. The fourth-order valence-corrected chi connectivity index (χ4v) is 3.68. The zero-order chi connectivity index (χ0) is 17.6. The Labute approximate surface area is 152 Å². The smallest absolute Gasteiger partial charge is 0.223 e. The molecule has 2 saturated heterocycles. The van der Waals surface area contributed by atoms with Gasteiger partial charge in [-0.1, -0.05) is 16.8 Å². The number of hydrogen-bond donors (Lipinski definition) is 1. The van der Waals surface area contributed by atoms with E-state index in [1.807, 2.05) is 4.90 Å². The van der Waals surface area contributed by atoms with Crippen molar-refractivity contribution in [2.24, 2.45) is 5.92 Å². The van der Waals surface area contributed by atoms with Crippen molar-refractivity contribution in [3.8, 4) is 0 Å². The van der Waals surface area contributed by atoms with Gasteiger partial charge in [-0.2, -0.15) is 0 Å². The summed E-state index contributed by atoms with van der Waals surface area (Å²) in [4.78, 5) is 16.5. The standard InChI is InChI=1S/C17H26ClN3O4/c18-16-11-14(25-19-16)1-2-17(23)21-5-3-13(4-6-21)15(22)12-20-7-9-24-10-8-20/h11,13,15,22H,1-10,12H2. The molecule has 2 aliphatic heterocycles. The molecule has 25 heavy (non-hydrogen) atoms. The van der Waals surface area contributed by atoms with Gasteiger partial charge in [-0.15, -0.1) is 0 Å². The third kappa shape index (κ3) is 5.41. The summed E-state index contributed by atoms with van der Waals surface area (Å²) in [5, 5.41) is 14.4. The van der Waals surface area contributed by atoms with Crippen LogP contribution in [0.1, 0.15) is 25.0 Å². The molecule has 0 aliphatic carbocycles. The fourth-order valence-electron chi connectivity index (χ4n) is 3.52. The summed E-state index contributed by atoms with van der Waals surface area (Å²) >= 11 is 5.71. The number of ether oxygens (including phenoxy) is 1. The number of aliphatic hydroxyl groups is 1. The van der Waals surface area contributed by atoms with Gasteiger partial charge in [0, 0.05) is 51.6 Å². The molecule has 1 amide bonds. The molecular formula is C17H26ClN3O4. The van der Waals surface area contributed by atoms with E-state index in [9.17, 15) is 9.90 Å². The molecule has 0 saturated carbocycles. The average Bonchev–Trinajstić information content (AvgIpc) is 3.06. The minimum atomic E-state index is -0.327. The highest BCUT2D eigenvalue weighted by Gasteiger charge is 2.28. The monoisotopic (exact) mass is 371 g/mol. The van der Waals surface area contributed by atoms with Crippen LogP contribution in [0, 0.1) is 5.92 Å². The maximum atomic E-state index is 12.3. The second-order valence-corrected chi connectivity index (χ2v) is 7.20. The molecule has 1 aromatic heterocycles. The van der Waals surface area contributed by atoms with Crippen LogP contribution in [0.5, 0.6) is 0 Å². The first-order chi connectivity index (χ1) is 12.1. The molecular weight excluding hydrogens is 346 g/mol. The second kappa shape index (κ2) is 8.98. The maximum Gasteiger partial charge on any atom is 0.223 e. The summed E-state index contributed by atoms with van der Waals surface area (Å²) in [7, 11) is 0. The Bertz CT molecular complexity index is 554. The number of carbonyl (C=O) groups is 1. The number of aliphatic hydroxyl groups excluding tert-OH is 1. The highest BCUT2D eigenvalue weighted by atomic mass is 35.5. The van der Waals surface area contributed by atoms with Gasteiger partial charge >= 0.3 is 0 Å². The van der Waals surface area contributed by atoms with E-state index in [1.165, 1.54) is 0 Å². The van der Waals surface area contributed by atoms with Crippen molar-refractivity contribution in [1.82, 2.24) is 15.0 Å². The maximum absolute atomic E-state index is 12.3. The zero-order valence-corrected chi connectivity index (χ0v) is 15.2. The summed E-state index contributed by atoms with van der Waals surface area (Å²) in [5.41, 5.74) is 0. The molecule has 8 heteroatoms. The molecule has 0 bridgehead atoms. The number of piperidine rings is 1. The molecule has 7 nitrogen and oxygen atoms in total. The van der Waals surface area contributed by atoms with Crippen LogP contribution in [0.4, 0.5) is 0 Å². The molecule has 3 rings (SSSR count). The lowest BCUT2D eigenvalue weighted by molar-refractivity contribution is -0.133. The van der Waals surface area contributed by atoms with Gasteiger partial charge in [0.2, 0.25) is 5.91 Å². The summed E-state index contributed by atoms with van der Waals surface area (Å²) in [6, 6.07) is 1.64. The van der Waals surface area contributed by atoms with E-state index < -0.39 is 0 Å². The first-order valence-electron chi connectivity index (χ1n) is 8.99. The van der Waals surface area contributed by atoms with E-state index in [-0.39, 0.29) is 17.9 Å². The number of amides is 1. The Balaban J connectivity index is 1.37. The lowest BCUT2D eigenvalue weighted by Crippen LogP contribution is -2.46. The molecule has 0 spiro atoms. The summed E-state index contributed by atoms with van der Waals surface area (Å²) in [6.07, 6.45) is 2.29. The number of likely N-dealkylation sites (tertiary alicyclic amines) is 1. The third-order valence-electron chi connectivity index (χ3n) is 5.10. The van der Waals surface area contributed by atoms with Crippen molar-refractivity contribution in [1.29, 1.82) is 0 Å². The van der Waals surface area contributed by atoms with E-state index in [0.29, 0.717) is 43.4 Å². The number of carbonyl (C=O) groups excluding carboxylic acids is 1. The van der Waals surface area contributed by atoms with Gasteiger partial charge in [0.25, 0.3) is 0 Å². The van der Waals surface area contributed by atoms with Gasteiger partial charge in [-0.3, -0.25) is 9.69 Å². The van der Waals surface area contributed by atoms with Crippen molar-refractivity contribution in [2.75, 3.05) is 45.9 Å². The second-order valence-electron chi connectivity index (χ2n) is 6.81. The van der Waals surface area contributed by atoms with Gasteiger partial charge in [-0.05, 0) is 18.8 Å². The quantitative estimate of drug-likeness (QED) is 0.809. The SMILES string of the molecule is O=C(CCc1cc(Cl)no1)N1CCC(C(O)CN2CCOCC2)CC1. The summed E-state index contributed by atoms with van der Waals surface area (Å²) in [6.45, 7) is 5.39. The van der Waals surface area contributed by atoms with Crippen LogP contribution in [0.25, 0.3) is 0 Å². The minimum absolute atomic E-state index is 0.119. The highest BCUT2D eigenvalue weighted by molar-refractivity contribution is 6.29. The first kappa shape index (κ1) is 18.6. The Morgan fingerprint density at radius 3 is 2.68 bits per heavy atom. The number of aromatic nitrogens is 1. The number of β-amino-alcohol motifs (C(OH)–C–C–N with tert-alkyl or cyclic N) is 1. The van der Waals surface area contributed by atoms with E-state index >= 15 is 0 Å². The largest absolute Gasteiger partial charge is 0.392 e. The predicted octanol–water partition coefficient (Wildman–Crippen LogP) is 1.19. The van der Waals surface area contributed by atoms with Crippen LogP contribution >= 0.6 is 11.6 Å². The van der Waals surface area contributed by atoms with Crippen molar-refractivity contribution >= 4 is 17.5 Å². The van der Waals surface area contributed by atoms with Crippen LogP contribution in [-0.4, -0.2) is 78.0 Å². The third-order valence-corrected chi connectivity index (χ3v) is 5.28. The Morgan fingerprint density at radius 2 is 2.04 bits per heavy atom. The average molecular weight is 372 g/mol. The van der Waals surface area contributed by atoms with Crippen LogP contribution in [0.3, 0.4) is 0 Å². The molecule has 1 unspecified atom stereocenters. The molecule has 1 aromatic rings. The Morgan fingerprint density at radius 1 is 1.32 bits per heavy atom. The Hall–Kier alpha value is -1.15. The van der Waals surface area contributed by atoms with E-state index in [2.05, 4.69) is 10.1 Å². The zero-order valence-electron chi connectivity index (χ0n) is 14.4. The van der Waals surface area contributed by atoms with E-state index in [0.717, 1.165) is 39.1 Å². The van der Waals surface area contributed by atoms with Crippen LogP contribution in [0.15, 0.2) is 10.6 Å².